The first kappa shape index (κ1) is 23.0. The van der Waals surface area contributed by atoms with E-state index in [1.165, 1.54) is 16.7 Å². The number of nitrogen functional groups attached to an aromatic ring is 1. The summed E-state index contributed by atoms with van der Waals surface area (Å²) in [5.74, 6) is 0.0265. The number of nitrogens with zero attached hydrogens (tertiary/aromatic N) is 4. The van der Waals surface area contributed by atoms with Crippen LogP contribution in [-0.4, -0.2) is 32.8 Å². The Morgan fingerprint density at radius 3 is 2.34 bits per heavy atom. The number of hydrogen-bond acceptors (Lipinski definition) is 5. The van der Waals surface area contributed by atoms with E-state index in [2.05, 4.69) is 43.3 Å². The van der Waals surface area contributed by atoms with Crippen molar-refractivity contribution >= 4 is 40.1 Å². The number of carbonyl (C=O) groups excluding carboxylic acids is 1. The molecule has 2 aromatic heterocycles. The molecule has 180 valence electrons. The van der Waals surface area contributed by atoms with Gasteiger partial charge in [0.25, 0.3) is 5.91 Å². The molecule has 3 N–H and O–H groups in total. The quantitative estimate of drug-likeness (QED) is 0.391. The van der Waals surface area contributed by atoms with Crippen molar-refractivity contribution in [2.75, 3.05) is 5.73 Å². The first-order valence-electron chi connectivity index (χ1n) is 12.3. The van der Waals surface area contributed by atoms with E-state index in [9.17, 15) is 4.79 Å². The topological polar surface area (TPSA) is 98.2 Å². The Kier molecular flexibility index (Phi) is 6.01. The molecule has 0 spiro atoms. The third-order valence-corrected chi connectivity index (χ3v) is 6.74. The van der Waals surface area contributed by atoms with Crippen LogP contribution in [0.3, 0.4) is 0 Å². The van der Waals surface area contributed by atoms with Crippen LogP contribution < -0.4 is 11.1 Å². The number of hydrogen-bond donors (Lipinski definition) is 2. The van der Waals surface area contributed by atoms with Crippen molar-refractivity contribution in [1.82, 2.24) is 20.0 Å². The van der Waals surface area contributed by atoms with Gasteiger partial charge in [-0.1, -0.05) is 76.4 Å². The summed E-state index contributed by atoms with van der Waals surface area (Å²) >= 11 is 0. The Balaban J connectivity index is 1.57. The molecule has 0 atom stereocenters. The predicted molar refractivity (Wildman–Crippen MR) is 142 cm³/mol. The van der Waals surface area contributed by atoms with E-state index in [1.807, 2.05) is 36.4 Å². The zero-order valence-corrected chi connectivity index (χ0v) is 20.6. The number of carbonyl (C=O) groups is 1. The third kappa shape index (κ3) is 4.63. The maximum atomic E-state index is 13.4. The van der Waals surface area contributed by atoms with Gasteiger partial charge in [-0.3, -0.25) is 4.79 Å². The first-order chi connectivity index (χ1) is 16.8. The molecular weight excluding hydrogens is 436 g/mol. The number of aromatic nitrogens is 3. The second kappa shape index (κ2) is 9.13. The van der Waals surface area contributed by atoms with E-state index in [1.54, 1.807) is 6.21 Å². The highest BCUT2D eigenvalue weighted by Gasteiger charge is 2.26. The van der Waals surface area contributed by atoms with Crippen LogP contribution >= 0.6 is 0 Å². The van der Waals surface area contributed by atoms with Crippen LogP contribution in [0.4, 0.5) is 5.82 Å². The molecule has 0 saturated heterocycles. The molecule has 1 amide bonds. The molecule has 4 aromatic rings. The lowest BCUT2D eigenvalue weighted by Gasteiger charge is -2.22. The first-order valence-corrected chi connectivity index (χ1v) is 12.3. The number of fused-ring (bicyclic) bond motifs is 2. The summed E-state index contributed by atoms with van der Waals surface area (Å²) < 4.78 is 1.53. The SMILES string of the molecule is CC(C)(C)c1ccc(/C=N/n2c(N)c(C(=O)NC3CCCCC3)c3nc4ccccc4nc32)cc1. The Bertz CT molecular complexity index is 1410. The van der Waals surface area contributed by atoms with Gasteiger partial charge in [0.2, 0.25) is 0 Å². The fourth-order valence-corrected chi connectivity index (χ4v) is 4.69. The van der Waals surface area contributed by atoms with E-state index < -0.39 is 0 Å². The Labute approximate surface area is 205 Å². The smallest absolute Gasteiger partial charge is 0.257 e. The molecule has 1 saturated carbocycles. The second-order valence-corrected chi connectivity index (χ2v) is 10.4. The van der Waals surface area contributed by atoms with E-state index in [0.29, 0.717) is 22.2 Å². The lowest BCUT2D eigenvalue weighted by Crippen LogP contribution is -2.36. The molecule has 35 heavy (non-hydrogen) atoms. The summed E-state index contributed by atoms with van der Waals surface area (Å²) in [7, 11) is 0. The number of benzene rings is 2. The molecule has 1 fully saturated rings. The zero-order chi connectivity index (χ0) is 24.6. The van der Waals surface area contributed by atoms with Crippen LogP contribution in [0.25, 0.3) is 22.2 Å². The minimum absolute atomic E-state index is 0.0774. The van der Waals surface area contributed by atoms with Crippen molar-refractivity contribution in [2.45, 2.75) is 64.3 Å². The van der Waals surface area contributed by atoms with Crippen molar-refractivity contribution in [3.63, 3.8) is 0 Å². The van der Waals surface area contributed by atoms with Crippen molar-refractivity contribution in [1.29, 1.82) is 0 Å². The van der Waals surface area contributed by atoms with Crippen LogP contribution in [0, 0.1) is 0 Å². The summed E-state index contributed by atoms with van der Waals surface area (Å²) in [6, 6.07) is 16.0. The Hall–Kier alpha value is -3.74. The van der Waals surface area contributed by atoms with Gasteiger partial charge in [-0.25, -0.2) is 9.97 Å². The van der Waals surface area contributed by atoms with Gasteiger partial charge in [0, 0.05) is 6.04 Å². The molecule has 1 aliphatic carbocycles. The van der Waals surface area contributed by atoms with Gasteiger partial charge in [-0.2, -0.15) is 9.78 Å². The van der Waals surface area contributed by atoms with Gasteiger partial charge >= 0.3 is 0 Å². The minimum Gasteiger partial charge on any atom is -0.383 e. The summed E-state index contributed by atoms with van der Waals surface area (Å²) in [4.78, 5) is 22.9. The monoisotopic (exact) mass is 468 g/mol. The number of rotatable bonds is 4. The molecule has 5 rings (SSSR count). The summed E-state index contributed by atoms with van der Waals surface area (Å²) in [5.41, 5.74) is 11.5. The number of para-hydroxylation sites is 2. The highest BCUT2D eigenvalue weighted by atomic mass is 16.1. The van der Waals surface area contributed by atoms with Gasteiger partial charge in [-0.05, 0) is 41.5 Å². The van der Waals surface area contributed by atoms with Crippen molar-refractivity contribution in [3.05, 3.63) is 65.2 Å². The Morgan fingerprint density at radius 2 is 1.69 bits per heavy atom. The molecule has 2 aromatic carbocycles. The molecule has 0 unspecified atom stereocenters. The standard InChI is InChI=1S/C28H32N6O/c1-28(2,3)19-15-13-18(14-16-19)17-30-34-25(29)23(27(35)31-20-9-5-4-6-10-20)24-26(34)33-22-12-8-7-11-21(22)32-24/h7-8,11-17,20H,4-6,9-10,29H2,1-3H3,(H,31,35)/b30-17+. The second-order valence-electron chi connectivity index (χ2n) is 10.4. The highest BCUT2D eigenvalue weighted by molar-refractivity contribution is 6.10. The number of nitrogens with one attached hydrogen (secondary N) is 1. The van der Waals surface area contributed by atoms with Gasteiger partial charge in [0.05, 0.1) is 17.2 Å². The summed E-state index contributed by atoms with van der Waals surface area (Å²) in [6.07, 6.45) is 7.19. The maximum absolute atomic E-state index is 13.4. The molecule has 1 aliphatic rings. The molecule has 0 bridgehead atoms. The molecule has 7 nitrogen and oxygen atoms in total. The lowest BCUT2D eigenvalue weighted by atomic mass is 9.87. The average molecular weight is 469 g/mol. The summed E-state index contributed by atoms with van der Waals surface area (Å²) in [6.45, 7) is 6.56. The molecule has 0 aliphatic heterocycles. The fourth-order valence-electron chi connectivity index (χ4n) is 4.69. The van der Waals surface area contributed by atoms with Crippen molar-refractivity contribution in [2.24, 2.45) is 5.10 Å². The fraction of sp³-hybridized carbons (Fsp3) is 0.357. The van der Waals surface area contributed by atoms with Gasteiger partial charge in [-0.15, -0.1) is 0 Å². The van der Waals surface area contributed by atoms with Crippen molar-refractivity contribution < 1.29 is 4.79 Å². The highest BCUT2D eigenvalue weighted by Crippen LogP contribution is 2.29. The maximum Gasteiger partial charge on any atom is 0.257 e. The average Bonchev–Trinajstić information content (AvgIpc) is 3.11. The molecule has 2 heterocycles. The molecule has 0 radical (unpaired) electrons. The van der Waals surface area contributed by atoms with Gasteiger partial charge in [0.1, 0.15) is 16.9 Å². The van der Waals surface area contributed by atoms with E-state index >= 15 is 0 Å². The number of nitrogens with two attached hydrogens (primary N) is 1. The Morgan fingerprint density at radius 1 is 1.03 bits per heavy atom. The minimum atomic E-state index is -0.215. The van der Waals surface area contributed by atoms with Gasteiger partial charge < -0.3 is 11.1 Å². The number of amides is 1. The van der Waals surface area contributed by atoms with Crippen LogP contribution in [0.15, 0.2) is 53.6 Å². The van der Waals surface area contributed by atoms with Crippen molar-refractivity contribution in [3.8, 4) is 0 Å². The van der Waals surface area contributed by atoms with Crippen LogP contribution in [0.1, 0.15) is 74.4 Å². The van der Waals surface area contributed by atoms with Crippen LogP contribution in [-0.2, 0) is 5.41 Å². The lowest BCUT2D eigenvalue weighted by molar-refractivity contribution is 0.0930. The van der Waals surface area contributed by atoms with Crippen LogP contribution in [0.5, 0.6) is 0 Å². The van der Waals surface area contributed by atoms with Gasteiger partial charge in [0.15, 0.2) is 5.65 Å². The summed E-state index contributed by atoms with van der Waals surface area (Å²) in [5, 5.41) is 7.81. The zero-order valence-electron chi connectivity index (χ0n) is 20.6. The van der Waals surface area contributed by atoms with E-state index in [4.69, 9.17) is 15.7 Å². The normalized spacial score (nSPS) is 15.3. The predicted octanol–water partition coefficient (Wildman–Crippen LogP) is 5.41. The largest absolute Gasteiger partial charge is 0.383 e. The molecule has 7 heteroatoms. The third-order valence-electron chi connectivity index (χ3n) is 6.74. The molecular formula is C28H32N6O. The van der Waals surface area contributed by atoms with Crippen LogP contribution in [0.2, 0.25) is 0 Å². The van der Waals surface area contributed by atoms with E-state index in [-0.39, 0.29) is 23.2 Å². The van der Waals surface area contributed by atoms with E-state index in [0.717, 1.165) is 36.8 Å². The number of anilines is 1.